The summed E-state index contributed by atoms with van der Waals surface area (Å²) in [5, 5.41) is 0. The highest BCUT2D eigenvalue weighted by atomic mass is 19.4. The fourth-order valence-electron chi connectivity index (χ4n) is 3.33. The van der Waals surface area contributed by atoms with E-state index in [4.69, 9.17) is 25.7 Å². The largest absolute Gasteiger partial charge is 0.494 e. The van der Waals surface area contributed by atoms with Crippen LogP contribution in [0.3, 0.4) is 0 Å². The Morgan fingerprint density at radius 3 is 2.07 bits per heavy atom. The molecule has 13 heteroatoms. The van der Waals surface area contributed by atoms with Crippen molar-refractivity contribution in [3.05, 3.63) is 89.5 Å². The molecule has 3 aromatic carbocycles. The zero-order chi connectivity index (χ0) is 30.3. The second-order valence-electron chi connectivity index (χ2n) is 8.77. The van der Waals surface area contributed by atoms with Crippen molar-refractivity contribution < 1.29 is 49.7 Å². The van der Waals surface area contributed by atoms with E-state index in [2.05, 4.69) is 0 Å². The van der Waals surface area contributed by atoms with Gasteiger partial charge in [0.1, 0.15) is 18.1 Å². The summed E-state index contributed by atoms with van der Waals surface area (Å²) in [4.78, 5) is 12.0. The molecule has 0 atom stereocenters. The second-order valence-corrected chi connectivity index (χ2v) is 8.77. The molecule has 0 spiro atoms. The molecule has 3 aromatic rings. The lowest BCUT2D eigenvalue weighted by Crippen LogP contribution is -2.36. The van der Waals surface area contributed by atoms with Crippen molar-refractivity contribution in [1.29, 1.82) is 0 Å². The molecule has 0 fully saturated rings. The van der Waals surface area contributed by atoms with E-state index in [9.17, 15) is 35.5 Å². The molecule has 0 radical (unpaired) electrons. The molecular weight excluding hydrogens is 561 g/mol. The van der Waals surface area contributed by atoms with Crippen LogP contribution in [0.1, 0.15) is 29.5 Å². The first-order chi connectivity index (χ1) is 19.2. The summed E-state index contributed by atoms with van der Waals surface area (Å²) in [5.41, 5.74) is 12.8. The molecule has 0 bridgehead atoms. The van der Waals surface area contributed by atoms with Crippen LogP contribution in [0.15, 0.2) is 72.8 Å². The molecule has 0 aliphatic heterocycles. The molecule has 3 rings (SSSR count). The molecule has 0 aliphatic carbocycles. The number of nitrogen functional groups attached to an aromatic ring is 2. The van der Waals surface area contributed by atoms with Gasteiger partial charge >= 0.3 is 24.2 Å². The maximum Gasteiger partial charge on any atom is 0.453 e. The number of anilines is 2. The summed E-state index contributed by atoms with van der Waals surface area (Å²) in [7, 11) is 0. The van der Waals surface area contributed by atoms with Gasteiger partial charge in [0.05, 0.1) is 12.2 Å². The van der Waals surface area contributed by atoms with Crippen LogP contribution in [0.25, 0.3) is 6.08 Å². The van der Waals surface area contributed by atoms with Gasteiger partial charge in [-0.15, -0.1) is 0 Å². The Morgan fingerprint density at radius 1 is 0.829 bits per heavy atom. The van der Waals surface area contributed by atoms with E-state index >= 15 is 0 Å². The first kappa shape index (κ1) is 31.1. The summed E-state index contributed by atoms with van der Waals surface area (Å²) < 4.78 is 107. The van der Waals surface area contributed by atoms with Gasteiger partial charge in [0.15, 0.2) is 0 Å². The first-order valence-corrected chi connectivity index (χ1v) is 12.0. The van der Waals surface area contributed by atoms with Gasteiger partial charge in [-0.1, -0.05) is 18.2 Å². The molecular formula is C28H25F7N2O4. The van der Waals surface area contributed by atoms with Gasteiger partial charge in [-0.2, -0.15) is 30.7 Å². The van der Waals surface area contributed by atoms with Crippen LogP contribution in [0.5, 0.6) is 11.5 Å². The third-order valence-corrected chi connectivity index (χ3v) is 5.59. The van der Waals surface area contributed by atoms with E-state index in [1.165, 1.54) is 30.3 Å². The van der Waals surface area contributed by atoms with Gasteiger partial charge in [0.2, 0.25) is 0 Å². The monoisotopic (exact) mass is 586 g/mol. The normalized spacial score (nSPS) is 12.4. The molecule has 220 valence electrons. The number of hydrogen-bond donors (Lipinski definition) is 2. The van der Waals surface area contributed by atoms with Crippen molar-refractivity contribution in [2.45, 2.75) is 37.7 Å². The highest BCUT2D eigenvalue weighted by molar-refractivity contribution is 5.87. The third-order valence-electron chi connectivity index (χ3n) is 5.59. The number of rotatable bonds is 12. The number of alkyl halides is 7. The van der Waals surface area contributed by atoms with E-state index in [-0.39, 0.29) is 18.1 Å². The van der Waals surface area contributed by atoms with Crippen molar-refractivity contribution in [3.63, 3.8) is 0 Å². The predicted molar refractivity (Wildman–Crippen MR) is 137 cm³/mol. The average Bonchev–Trinajstić information content (AvgIpc) is 2.89. The van der Waals surface area contributed by atoms with Gasteiger partial charge in [-0.05, 0) is 66.6 Å². The Balaban J connectivity index is 1.48. The van der Waals surface area contributed by atoms with Crippen LogP contribution in [-0.4, -0.2) is 24.7 Å². The topological polar surface area (TPSA) is 96.8 Å². The van der Waals surface area contributed by atoms with Gasteiger partial charge in [0, 0.05) is 29.4 Å². The van der Waals surface area contributed by atoms with Gasteiger partial charge in [0.25, 0.3) is 0 Å². The van der Waals surface area contributed by atoms with Gasteiger partial charge in [-0.3, -0.25) is 0 Å². The summed E-state index contributed by atoms with van der Waals surface area (Å²) in [6.45, 7) is -0.529. The van der Waals surface area contributed by atoms with E-state index in [1.807, 2.05) is 0 Å². The number of nitrogens with two attached hydrogens (primary N) is 2. The number of carbonyl (C=O) groups is 1. The maximum absolute atomic E-state index is 14.6. The smallest absolute Gasteiger partial charge is 0.453 e. The highest BCUT2D eigenvalue weighted by Crippen LogP contribution is 2.39. The quantitative estimate of drug-likeness (QED) is 0.0773. The Labute approximate surface area is 230 Å². The number of hydrogen-bond acceptors (Lipinski definition) is 6. The van der Waals surface area contributed by atoms with Crippen LogP contribution in [0, 0.1) is 0 Å². The molecule has 4 N–H and O–H groups in total. The van der Waals surface area contributed by atoms with Gasteiger partial charge < -0.3 is 25.7 Å². The third kappa shape index (κ3) is 9.05. The molecule has 41 heavy (non-hydrogen) atoms. The lowest BCUT2D eigenvalue weighted by Gasteiger charge is -2.20. The number of esters is 1. The molecule has 0 unspecified atom stereocenters. The van der Waals surface area contributed by atoms with Crippen molar-refractivity contribution in [1.82, 2.24) is 0 Å². The van der Waals surface area contributed by atoms with E-state index in [1.54, 1.807) is 18.2 Å². The molecule has 0 aromatic heterocycles. The van der Waals surface area contributed by atoms with Crippen LogP contribution < -0.4 is 20.9 Å². The molecule has 0 saturated carbocycles. The minimum atomic E-state index is -5.65. The standard InChI is InChI=1S/C28H25F7N2O4/c29-26(30,28(33,34)35)14-1-15-39-22-11-6-20(7-12-22)27(31,32)41-23-9-2-18(3-10-23)4-13-25(38)40-17-19-5-8-21(36)16-24(19)37/h2-13,16H,1,14-15,17,36-37H2/b13-4+. The summed E-state index contributed by atoms with van der Waals surface area (Å²) in [6, 6.07) is 14.4. The second kappa shape index (κ2) is 12.8. The fraction of sp³-hybridized carbons (Fsp3) is 0.250. The first-order valence-electron chi connectivity index (χ1n) is 12.0. The van der Waals surface area contributed by atoms with Crippen LogP contribution in [-0.2, 0) is 22.2 Å². The minimum absolute atomic E-state index is 0.00600. The number of halogens is 7. The van der Waals surface area contributed by atoms with Crippen LogP contribution in [0.2, 0.25) is 0 Å². The average molecular weight is 587 g/mol. The lowest BCUT2D eigenvalue weighted by molar-refractivity contribution is -0.284. The summed E-state index contributed by atoms with van der Waals surface area (Å²) in [5.74, 6) is -5.67. The Hall–Kier alpha value is -4.42. The fourth-order valence-corrected chi connectivity index (χ4v) is 3.33. The zero-order valence-corrected chi connectivity index (χ0v) is 21.3. The number of benzene rings is 3. The molecule has 0 amide bonds. The van der Waals surface area contributed by atoms with Crippen molar-refractivity contribution in [2.75, 3.05) is 18.1 Å². The van der Waals surface area contributed by atoms with Crippen LogP contribution >= 0.6 is 0 Å². The van der Waals surface area contributed by atoms with E-state index in [0.29, 0.717) is 22.5 Å². The predicted octanol–water partition coefficient (Wildman–Crippen LogP) is 7.09. The molecule has 0 aliphatic rings. The van der Waals surface area contributed by atoms with Crippen LogP contribution in [0.4, 0.5) is 42.1 Å². The molecule has 0 saturated heterocycles. The Morgan fingerprint density at radius 2 is 1.46 bits per heavy atom. The summed E-state index contributed by atoms with van der Waals surface area (Å²) in [6.07, 6.45) is -8.90. The lowest BCUT2D eigenvalue weighted by atomic mass is 10.1. The van der Waals surface area contributed by atoms with E-state index in [0.717, 1.165) is 30.3 Å². The molecule has 0 heterocycles. The van der Waals surface area contributed by atoms with Crippen molar-refractivity contribution in [3.8, 4) is 11.5 Å². The SMILES string of the molecule is Nc1ccc(COC(=O)/C=C/c2ccc(OC(F)(F)c3ccc(OCCCC(F)(F)C(F)(F)F)cc3)cc2)c(N)c1. The molecule has 6 nitrogen and oxygen atoms in total. The zero-order valence-electron chi connectivity index (χ0n) is 21.3. The number of ether oxygens (including phenoxy) is 3. The van der Waals surface area contributed by atoms with Gasteiger partial charge in [-0.25, -0.2) is 4.79 Å². The summed E-state index contributed by atoms with van der Waals surface area (Å²) >= 11 is 0. The minimum Gasteiger partial charge on any atom is -0.494 e. The Kier molecular flexibility index (Phi) is 9.74. The van der Waals surface area contributed by atoms with E-state index < -0.39 is 49.2 Å². The van der Waals surface area contributed by atoms with Crippen molar-refractivity contribution >= 4 is 23.4 Å². The Bertz CT molecular complexity index is 1340. The maximum atomic E-state index is 14.6. The van der Waals surface area contributed by atoms with Crippen molar-refractivity contribution in [2.24, 2.45) is 0 Å². The highest BCUT2D eigenvalue weighted by Gasteiger charge is 2.56. The number of carbonyl (C=O) groups excluding carboxylic acids is 1.